The van der Waals surface area contributed by atoms with Gasteiger partial charge in [-0.25, -0.2) is 0 Å². The molecule has 0 unspecified atom stereocenters. The maximum Gasteiger partial charge on any atom is 0.266 e. The van der Waals surface area contributed by atoms with Gasteiger partial charge in [0.25, 0.3) is 6.29 Å². The summed E-state index contributed by atoms with van der Waals surface area (Å²) in [5.41, 5.74) is 0.966. The highest BCUT2D eigenvalue weighted by molar-refractivity contribution is 5.29. The fourth-order valence-electron chi connectivity index (χ4n) is 1.37. The maximum atomic E-state index is 5.52. The van der Waals surface area contributed by atoms with Crippen molar-refractivity contribution in [2.24, 2.45) is 0 Å². The minimum Gasteiger partial charge on any atom is -0.494 e. The van der Waals surface area contributed by atoms with Crippen molar-refractivity contribution >= 4 is 0 Å². The predicted molar refractivity (Wildman–Crippen MR) is 56.3 cm³/mol. The van der Waals surface area contributed by atoms with Gasteiger partial charge in [-0.15, -0.1) is 0 Å². The summed E-state index contributed by atoms with van der Waals surface area (Å²) < 4.78 is 16.0. The highest BCUT2D eigenvalue weighted by Crippen LogP contribution is 2.26. The summed E-state index contributed by atoms with van der Waals surface area (Å²) in [5, 5.41) is 0. The van der Waals surface area contributed by atoms with E-state index < -0.39 is 0 Å². The second kappa shape index (κ2) is 4.73. The molecule has 1 aliphatic rings. The van der Waals surface area contributed by atoms with E-state index in [1.807, 2.05) is 24.3 Å². The molecule has 1 aliphatic heterocycles. The highest BCUT2D eigenvalue weighted by atomic mass is 16.7. The zero-order valence-electron chi connectivity index (χ0n) is 8.68. The van der Waals surface area contributed by atoms with E-state index >= 15 is 0 Å². The van der Waals surface area contributed by atoms with Gasteiger partial charge in [0.05, 0.1) is 6.61 Å². The molecule has 0 spiro atoms. The first kappa shape index (κ1) is 9.90. The second-order valence-electron chi connectivity index (χ2n) is 3.30. The van der Waals surface area contributed by atoms with Crippen molar-refractivity contribution in [3.63, 3.8) is 0 Å². The van der Waals surface area contributed by atoms with Crippen molar-refractivity contribution in [3.8, 4) is 5.75 Å². The van der Waals surface area contributed by atoms with Gasteiger partial charge < -0.3 is 14.2 Å². The van der Waals surface area contributed by atoms with E-state index in [4.69, 9.17) is 14.2 Å². The number of benzene rings is 1. The van der Waals surface area contributed by atoms with Crippen molar-refractivity contribution in [2.45, 2.75) is 19.6 Å². The average Bonchev–Trinajstić information content (AvgIpc) is 2.80. The molecule has 0 amide bonds. The number of ether oxygens (including phenoxy) is 3. The predicted octanol–water partition coefficient (Wildman–Crippen LogP) is 2.99. The first-order valence-corrected chi connectivity index (χ1v) is 5.09. The molecule has 0 N–H and O–H groups in total. The number of hydrogen-bond donors (Lipinski definition) is 0. The van der Waals surface area contributed by atoms with Crippen molar-refractivity contribution in [1.29, 1.82) is 0 Å². The fourth-order valence-corrected chi connectivity index (χ4v) is 1.37. The first-order valence-electron chi connectivity index (χ1n) is 5.09. The molecule has 2 rings (SSSR count). The molecule has 0 fully saturated rings. The van der Waals surface area contributed by atoms with Gasteiger partial charge in [-0.05, 0) is 18.6 Å². The molecular weight excluding hydrogens is 192 g/mol. The van der Waals surface area contributed by atoms with E-state index in [-0.39, 0.29) is 6.29 Å². The summed E-state index contributed by atoms with van der Waals surface area (Å²) in [6.07, 6.45) is 3.77. The van der Waals surface area contributed by atoms with Gasteiger partial charge in [-0.1, -0.05) is 19.1 Å². The van der Waals surface area contributed by atoms with Crippen LogP contribution in [0.2, 0.25) is 0 Å². The number of hydrogen-bond acceptors (Lipinski definition) is 3. The molecule has 80 valence electrons. The topological polar surface area (TPSA) is 27.7 Å². The van der Waals surface area contributed by atoms with Gasteiger partial charge in [-0.3, -0.25) is 0 Å². The van der Waals surface area contributed by atoms with Crippen molar-refractivity contribution < 1.29 is 14.2 Å². The molecule has 0 saturated heterocycles. The van der Waals surface area contributed by atoms with Gasteiger partial charge in [-0.2, -0.15) is 0 Å². The first-order chi connectivity index (χ1) is 7.40. The summed E-state index contributed by atoms with van der Waals surface area (Å²) in [5.74, 6) is 0.855. The summed E-state index contributed by atoms with van der Waals surface area (Å²) in [7, 11) is 0. The molecule has 0 aromatic heterocycles. The van der Waals surface area contributed by atoms with Gasteiger partial charge in [0.15, 0.2) is 0 Å². The Morgan fingerprint density at radius 2 is 2.07 bits per heavy atom. The van der Waals surface area contributed by atoms with Gasteiger partial charge in [0.2, 0.25) is 0 Å². The third kappa shape index (κ3) is 2.43. The third-order valence-corrected chi connectivity index (χ3v) is 2.06. The lowest BCUT2D eigenvalue weighted by Crippen LogP contribution is -2.00. The molecule has 0 saturated carbocycles. The molecule has 0 aliphatic carbocycles. The van der Waals surface area contributed by atoms with Crippen molar-refractivity contribution in [1.82, 2.24) is 0 Å². The average molecular weight is 206 g/mol. The zero-order chi connectivity index (χ0) is 10.5. The Kier molecular flexibility index (Phi) is 3.12. The molecule has 1 aromatic carbocycles. The second-order valence-corrected chi connectivity index (χ2v) is 3.30. The van der Waals surface area contributed by atoms with Gasteiger partial charge in [0, 0.05) is 5.56 Å². The Balaban J connectivity index is 2.04. The Labute approximate surface area is 89.3 Å². The van der Waals surface area contributed by atoms with Gasteiger partial charge >= 0.3 is 0 Å². The lowest BCUT2D eigenvalue weighted by atomic mass is 10.2. The normalized spacial score (nSPS) is 14.7. The van der Waals surface area contributed by atoms with Crippen LogP contribution in [0.5, 0.6) is 5.75 Å². The Morgan fingerprint density at radius 1 is 1.27 bits per heavy atom. The Morgan fingerprint density at radius 3 is 2.80 bits per heavy atom. The van der Waals surface area contributed by atoms with E-state index in [1.54, 1.807) is 12.5 Å². The summed E-state index contributed by atoms with van der Waals surface area (Å²) >= 11 is 0. The monoisotopic (exact) mass is 206 g/mol. The van der Waals surface area contributed by atoms with E-state index in [0.29, 0.717) is 0 Å². The lowest BCUT2D eigenvalue weighted by molar-refractivity contribution is -0.0247. The summed E-state index contributed by atoms with van der Waals surface area (Å²) in [6.45, 7) is 2.81. The van der Waals surface area contributed by atoms with Crippen LogP contribution in [-0.4, -0.2) is 6.61 Å². The van der Waals surface area contributed by atoms with Crippen LogP contribution in [0.1, 0.15) is 25.2 Å². The highest BCUT2D eigenvalue weighted by Gasteiger charge is 2.15. The molecule has 15 heavy (non-hydrogen) atoms. The summed E-state index contributed by atoms with van der Waals surface area (Å²) in [4.78, 5) is 0. The molecule has 0 radical (unpaired) electrons. The van der Waals surface area contributed by atoms with Crippen molar-refractivity contribution in [3.05, 3.63) is 42.4 Å². The van der Waals surface area contributed by atoms with Crippen LogP contribution in [-0.2, 0) is 9.47 Å². The minimum atomic E-state index is -0.324. The fraction of sp³-hybridized carbons (Fsp3) is 0.333. The maximum absolute atomic E-state index is 5.52. The lowest BCUT2D eigenvalue weighted by Gasteiger charge is -2.12. The molecule has 0 atom stereocenters. The van der Waals surface area contributed by atoms with Crippen LogP contribution >= 0.6 is 0 Å². The zero-order valence-corrected chi connectivity index (χ0v) is 8.68. The molecular formula is C12H14O3. The quantitative estimate of drug-likeness (QED) is 0.758. The molecule has 3 nitrogen and oxygen atoms in total. The van der Waals surface area contributed by atoms with E-state index in [1.165, 1.54) is 0 Å². The molecule has 1 aromatic rings. The minimum absolute atomic E-state index is 0.324. The van der Waals surface area contributed by atoms with Crippen molar-refractivity contribution in [2.75, 3.05) is 6.61 Å². The number of rotatable bonds is 4. The van der Waals surface area contributed by atoms with Crippen LogP contribution in [0, 0.1) is 0 Å². The third-order valence-electron chi connectivity index (χ3n) is 2.06. The van der Waals surface area contributed by atoms with Crippen LogP contribution in [0.4, 0.5) is 0 Å². The van der Waals surface area contributed by atoms with Crippen LogP contribution in [0.3, 0.4) is 0 Å². The van der Waals surface area contributed by atoms with E-state index in [9.17, 15) is 0 Å². The smallest absolute Gasteiger partial charge is 0.266 e. The standard InChI is InChI=1S/C12H14O3/c1-2-6-13-11-5-3-4-10(9-11)12-14-7-8-15-12/h3-5,7-9,12H,2,6H2,1H3. The van der Waals surface area contributed by atoms with E-state index in [2.05, 4.69) is 6.92 Å². The van der Waals surface area contributed by atoms with Crippen LogP contribution in [0.15, 0.2) is 36.8 Å². The van der Waals surface area contributed by atoms with E-state index in [0.717, 1.165) is 24.3 Å². The molecule has 0 bridgehead atoms. The summed E-state index contributed by atoms with van der Waals surface area (Å²) in [6, 6.07) is 7.76. The Bertz CT molecular complexity index is 338. The Hall–Kier alpha value is -1.64. The molecule has 1 heterocycles. The van der Waals surface area contributed by atoms with Crippen LogP contribution in [0.25, 0.3) is 0 Å². The SMILES string of the molecule is CCCOc1cccc(C2OC=CO2)c1. The molecule has 3 heteroatoms. The van der Waals surface area contributed by atoms with Crippen LogP contribution < -0.4 is 4.74 Å². The van der Waals surface area contributed by atoms with Gasteiger partial charge in [0.1, 0.15) is 18.3 Å². The largest absolute Gasteiger partial charge is 0.494 e.